The first-order valence-corrected chi connectivity index (χ1v) is 14.5. The molecule has 0 radical (unpaired) electrons. The van der Waals surface area contributed by atoms with Crippen LogP contribution < -0.4 is 0 Å². The van der Waals surface area contributed by atoms with Crippen molar-refractivity contribution >= 4 is 57.1 Å². The highest BCUT2D eigenvalue weighted by molar-refractivity contribution is 7.10. The Bertz CT molecular complexity index is 1480. The maximum absolute atomic E-state index is 14.0. The van der Waals surface area contributed by atoms with Crippen molar-refractivity contribution in [2.24, 2.45) is 5.92 Å². The zero-order valence-electron chi connectivity index (χ0n) is 21.5. The lowest BCUT2D eigenvalue weighted by molar-refractivity contribution is -0.134. The largest absolute Gasteiger partial charge is 0.330 e. The molecule has 1 aromatic heterocycles. The van der Waals surface area contributed by atoms with Crippen LogP contribution >= 0.6 is 34.5 Å². The summed E-state index contributed by atoms with van der Waals surface area (Å²) in [6.45, 7) is 5.35. The predicted octanol–water partition coefficient (Wildman–Crippen LogP) is 7.87. The molecule has 1 aliphatic heterocycles. The molecule has 1 unspecified atom stereocenters. The molecule has 38 heavy (non-hydrogen) atoms. The molecular formula is C31H30Cl2N2O2S. The average Bonchev–Trinajstić information content (AvgIpc) is 3.39. The van der Waals surface area contributed by atoms with Crippen molar-refractivity contribution in [2.45, 2.75) is 32.7 Å². The molecule has 1 aliphatic rings. The molecule has 2 amide bonds. The fourth-order valence-corrected chi connectivity index (χ4v) is 6.48. The van der Waals surface area contributed by atoms with Crippen molar-refractivity contribution in [3.63, 3.8) is 0 Å². The Kier molecular flexibility index (Phi) is 8.08. The first kappa shape index (κ1) is 26.7. The molecule has 0 bridgehead atoms. The Morgan fingerprint density at radius 1 is 1.00 bits per heavy atom. The number of hydrogen-bond donors (Lipinski definition) is 0. The summed E-state index contributed by atoms with van der Waals surface area (Å²) in [5, 5.41) is 5.23. The molecular weight excluding hydrogens is 535 g/mol. The molecule has 4 nitrogen and oxygen atoms in total. The zero-order chi connectivity index (χ0) is 26.8. The van der Waals surface area contributed by atoms with E-state index < -0.39 is 0 Å². The van der Waals surface area contributed by atoms with Crippen LogP contribution in [0.15, 0.2) is 72.1 Å². The van der Waals surface area contributed by atoms with Crippen molar-refractivity contribution in [1.29, 1.82) is 0 Å². The standard InChI is InChI=1S/C31H30Cl2N2O2S/c1-20(2)11-14-34(31(37)23-8-7-21-5-3-4-6-22(21)17-23)19-29(36)35-15-12-28-26(13-16-38-28)30(35)25-10-9-24(32)18-27(25)33/h3-10,13,16-18,20,30H,11-12,14-15,19H2,1-2H3. The van der Waals surface area contributed by atoms with E-state index in [1.165, 1.54) is 4.88 Å². The third kappa shape index (κ3) is 5.61. The summed E-state index contributed by atoms with van der Waals surface area (Å²) in [7, 11) is 0. The van der Waals surface area contributed by atoms with Gasteiger partial charge in [-0.1, -0.05) is 73.4 Å². The lowest BCUT2D eigenvalue weighted by Gasteiger charge is -2.38. The minimum atomic E-state index is -0.315. The van der Waals surface area contributed by atoms with Crippen LogP contribution in [0.25, 0.3) is 10.8 Å². The van der Waals surface area contributed by atoms with Crippen LogP contribution in [-0.4, -0.2) is 41.2 Å². The van der Waals surface area contributed by atoms with Crippen LogP contribution in [0, 0.1) is 5.92 Å². The number of carbonyl (C=O) groups excluding carboxylic acids is 2. The first-order chi connectivity index (χ1) is 18.3. The Hall–Kier alpha value is -2.86. The summed E-state index contributed by atoms with van der Waals surface area (Å²) in [5.41, 5.74) is 2.53. The Labute approximate surface area is 237 Å². The van der Waals surface area contributed by atoms with Gasteiger partial charge in [0, 0.05) is 33.6 Å². The smallest absolute Gasteiger partial charge is 0.254 e. The number of rotatable bonds is 7. The molecule has 196 valence electrons. The number of thiophene rings is 1. The van der Waals surface area contributed by atoms with E-state index in [1.54, 1.807) is 22.3 Å². The summed E-state index contributed by atoms with van der Waals surface area (Å²) in [6.07, 6.45) is 1.60. The molecule has 1 atom stereocenters. The molecule has 0 spiro atoms. The highest BCUT2D eigenvalue weighted by atomic mass is 35.5. The van der Waals surface area contributed by atoms with E-state index in [0.717, 1.165) is 34.7 Å². The van der Waals surface area contributed by atoms with Crippen LogP contribution in [0.1, 0.15) is 52.7 Å². The molecule has 4 aromatic rings. The van der Waals surface area contributed by atoms with E-state index in [4.69, 9.17) is 23.2 Å². The van der Waals surface area contributed by atoms with Crippen LogP contribution in [0.4, 0.5) is 0 Å². The lowest BCUT2D eigenvalue weighted by Crippen LogP contribution is -2.47. The van der Waals surface area contributed by atoms with Gasteiger partial charge in [0.1, 0.15) is 6.54 Å². The van der Waals surface area contributed by atoms with Gasteiger partial charge in [0.05, 0.1) is 6.04 Å². The molecule has 0 fully saturated rings. The van der Waals surface area contributed by atoms with E-state index in [0.29, 0.717) is 34.6 Å². The fraction of sp³-hybridized carbons (Fsp3) is 0.290. The van der Waals surface area contributed by atoms with Crippen LogP contribution in [0.5, 0.6) is 0 Å². The lowest BCUT2D eigenvalue weighted by atomic mass is 9.93. The van der Waals surface area contributed by atoms with Gasteiger partial charge >= 0.3 is 0 Å². The van der Waals surface area contributed by atoms with Crippen molar-refractivity contribution < 1.29 is 9.59 Å². The third-order valence-electron chi connectivity index (χ3n) is 7.13. The molecule has 0 aliphatic carbocycles. The molecule has 3 aromatic carbocycles. The average molecular weight is 566 g/mol. The number of benzene rings is 3. The van der Waals surface area contributed by atoms with E-state index in [1.807, 2.05) is 59.5 Å². The maximum atomic E-state index is 14.0. The first-order valence-electron chi connectivity index (χ1n) is 12.9. The predicted molar refractivity (Wildman–Crippen MR) is 157 cm³/mol. The van der Waals surface area contributed by atoms with Crippen molar-refractivity contribution in [1.82, 2.24) is 9.80 Å². The van der Waals surface area contributed by atoms with Crippen molar-refractivity contribution in [2.75, 3.05) is 19.6 Å². The number of carbonyl (C=O) groups is 2. The minimum absolute atomic E-state index is 0.0135. The molecule has 0 saturated carbocycles. The number of fused-ring (bicyclic) bond motifs is 2. The second kappa shape index (κ2) is 11.5. The van der Waals surface area contributed by atoms with Gasteiger partial charge in [0.25, 0.3) is 5.91 Å². The monoisotopic (exact) mass is 564 g/mol. The normalized spacial score (nSPS) is 15.1. The van der Waals surface area contributed by atoms with Gasteiger partial charge in [-0.25, -0.2) is 0 Å². The number of amides is 2. The van der Waals surface area contributed by atoms with E-state index in [2.05, 4.69) is 25.3 Å². The Morgan fingerprint density at radius 2 is 1.79 bits per heavy atom. The second-order valence-corrected chi connectivity index (χ2v) is 12.0. The second-order valence-electron chi connectivity index (χ2n) is 10.2. The van der Waals surface area contributed by atoms with Crippen LogP contribution in [0.2, 0.25) is 10.0 Å². The topological polar surface area (TPSA) is 40.6 Å². The van der Waals surface area contributed by atoms with E-state index in [9.17, 15) is 9.59 Å². The number of hydrogen-bond acceptors (Lipinski definition) is 3. The molecule has 0 N–H and O–H groups in total. The molecule has 7 heteroatoms. The maximum Gasteiger partial charge on any atom is 0.254 e. The zero-order valence-corrected chi connectivity index (χ0v) is 23.8. The fourth-order valence-electron chi connectivity index (χ4n) is 5.07. The molecule has 5 rings (SSSR count). The highest BCUT2D eigenvalue weighted by Crippen LogP contribution is 2.41. The third-order valence-corrected chi connectivity index (χ3v) is 8.69. The number of halogens is 2. The van der Waals surface area contributed by atoms with Gasteiger partial charge in [0.2, 0.25) is 5.91 Å². The molecule has 2 heterocycles. The Balaban J connectivity index is 1.45. The van der Waals surface area contributed by atoms with Crippen LogP contribution in [-0.2, 0) is 11.2 Å². The summed E-state index contributed by atoms with van der Waals surface area (Å²) in [4.78, 5) is 32.5. The van der Waals surface area contributed by atoms with Gasteiger partial charge in [-0.05, 0) is 76.4 Å². The summed E-state index contributed by atoms with van der Waals surface area (Å²) in [6, 6.07) is 20.9. The summed E-state index contributed by atoms with van der Waals surface area (Å²) in [5.74, 6) is 0.191. The van der Waals surface area contributed by atoms with Gasteiger partial charge in [0.15, 0.2) is 0 Å². The number of nitrogens with zero attached hydrogens (tertiary/aromatic N) is 2. The quantitative estimate of drug-likeness (QED) is 0.229. The Morgan fingerprint density at radius 3 is 2.55 bits per heavy atom. The van der Waals surface area contributed by atoms with E-state index in [-0.39, 0.29) is 24.4 Å². The van der Waals surface area contributed by atoms with Gasteiger partial charge in [-0.3, -0.25) is 9.59 Å². The molecule has 0 saturated heterocycles. The summed E-state index contributed by atoms with van der Waals surface area (Å²) < 4.78 is 0. The SMILES string of the molecule is CC(C)CCN(CC(=O)N1CCc2sccc2C1c1ccc(Cl)cc1Cl)C(=O)c1ccc2ccccc2c1. The van der Waals surface area contributed by atoms with Crippen molar-refractivity contribution in [3.05, 3.63) is 104 Å². The van der Waals surface area contributed by atoms with Gasteiger partial charge in [-0.2, -0.15) is 0 Å². The van der Waals surface area contributed by atoms with Crippen molar-refractivity contribution in [3.8, 4) is 0 Å². The van der Waals surface area contributed by atoms with E-state index >= 15 is 0 Å². The van der Waals surface area contributed by atoms with Crippen LogP contribution in [0.3, 0.4) is 0 Å². The van der Waals surface area contributed by atoms with Gasteiger partial charge in [-0.15, -0.1) is 11.3 Å². The summed E-state index contributed by atoms with van der Waals surface area (Å²) >= 11 is 14.5. The highest BCUT2D eigenvalue weighted by Gasteiger charge is 2.35. The minimum Gasteiger partial charge on any atom is -0.330 e. The van der Waals surface area contributed by atoms with Gasteiger partial charge < -0.3 is 9.80 Å².